The maximum atomic E-state index is 12.3. The lowest BCUT2D eigenvalue weighted by Gasteiger charge is -2.13. The highest BCUT2D eigenvalue weighted by Crippen LogP contribution is 2.19. The van der Waals surface area contributed by atoms with E-state index >= 15 is 0 Å². The molecule has 0 radical (unpaired) electrons. The van der Waals surface area contributed by atoms with Gasteiger partial charge in [-0.2, -0.15) is 5.10 Å². The first-order valence-corrected chi connectivity index (χ1v) is 7.99. The van der Waals surface area contributed by atoms with Gasteiger partial charge in [0.25, 0.3) is 0 Å². The third-order valence-corrected chi connectivity index (χ3v) is 4.76. The normalized spacial score (nSPS) is 13.6. The minimum absolute atomic E-state index is 0.275. The standard InChI is InChI=1S/C14H19N3O2S/c1-10(2)12-4-6-14(7-5-12)20(18,19)17-11(3)13-8-15-16-9-13/h4-11,17H,1-3H3,(H,15,16). The van der Waals surface area contributed by atoms with Crippen molar-refractivity contribution < 1.29 is 8.42 Å². The molecular weight excluding hydrogens is 274 g/mol. The lowest BCUT2D eigenvalue weighted by Crippen LogP contribution is -2.26. The van der Waals surface area contributed by atoms with E-state index in [4.69, 9.17) is 0 Å². The fraction of sp³-hybridized carbons (Fsp3) is 0.357. The Morgan fingerprint density at radius 2 is 1.75 bits per heavy atom. The van der Waals surface area contributed by atoms with Gasteiger partial charge in [-0.15, -0.1) is 0 Å². The van der Waals surface area contributed by atoms with Gasteiger partial charge in [-0.1, -0.05) is 26.0 Å². The van der Waals surface area contributed by atoms with Crippen molar-refractivity contribution in [3.05, 3.63) is 47.8 Å². The summed E-state index contributed by atoms with van der Waals surface area (Å²) < 4.78 is 27.2. The molecule has 20 heavy (non-hydrogen) atoms. The number of nitrogens with one attached hydrogen (secondary N) is 2. The monoisotopic (exact) mass is 293 g/mol. The summed E-state index contributed by atoms with van der Waals surface area (Å²) in [7, 11) is -3.52. The van der Waals surface area contributed by atoms with Crippen molar-refractivity contribution in [1.29, 1.82) is 0 Å². The van der Waals surface area contributed by atoms with Crippen molar-refractivity contribution in [2.45, 2.75) is 37.6 Å². The van der Waals surface area contributed by atoms with Gasteiger partial charge < -0.3 is 0 Å². The predicted octanol–water partition coefficient (Wildman–Crippen LogP) is 2.57. The number of benzene rings is 1. The van der Waals surface area contributed by atoms with Crippen LogP contribution < -0.4 is 4.72 Å². The number of rotatable bonds is 5. The second-order valence-electron chi connectivity index (χ2n) is 5.10. The molecule has 2 rings (SSSR count). The quantitative estimate of drug-likeness (QED) is 0.889. The first-order valence-electron chi connectivity index (χ1n) is 6.51. The van der Waals surface area contributed by atoms with Crippen molar-refractivity contribution in [2.75, 3.05) is 0 Å². The Kier molecular flexibility index (Phi) is 4.25. The molecule has 0 aliphatic carbocycles. The van der Waals surface area contributed by atoms with E-state index in [9.17, 15) is 8.42 Å². The van der Waals surface area contributed by atoms with Gasteiger partial charge in [0.1, 0.15) is 0 Å². The molecule has 0 bridgehead atoms. The van der Waals surface area contributed by atoms with Gasteiger partial charge in [0.05, 0.1) is 11.1 Å². The molecule has 1 heterocycles. The molecule has 0 fully saturated rings. The van der Waals surface area contributed by atoms with E-state index in [-0.39, 0.29) is 10.9 Å². The third kappa shape index (κ3) is 3.26. The molecule has 2 aromatic rings. The number of H-pyrrole nitrogens is 1. The van der Waals surface area contributed by atoms with E-state index in [1.165, 1.54) is 0 Å². The summed E-state index contributed by atoms with van der Waals surface area (Å²) in [6.45, 7) is 5.93. The Balaban J connectivity index is 2.18. The summed E-state index contributed by atoms with van der Waals surface area (Å²) >= 11 is 0. The van der Waals surface area contributed by atoms with Crippen molar-refractivity contribution in [1.82, 2.24) is 14.9 Å². The maximum absolute atomic E-state index is 12.3. The number of aromatic amines is 1. The van der Waals surface area contributed by atoms with Crippen LogP contribution in [0.3, 0.4) is 0 Å². The Hall–Kier alpha value is -1.66. The Bertz CT molecular complexity index is 646. The Morgan fingerprint density at radius 3 is 2.25 bits per heavy atom. The van der Waals surface area contributed by atoms with Crippen LogP contribution in [0.25, 0.3) is 0 Å². The molecule has 5 nitrogen and oxygen atoms in total. The molecule has 108 valence electrons. The zero-order chi connectivity index (χ0) is 14.8. The van der Waals surface area contributed by atoms with E-state index < -0.39 is 10.0 Å². The lowest BCUT2D eigenvalue weighted by atomic mass is 10.0. The van der Waals surface area contributed by atoms with Gasteiger partial charge in [-0.25, -0.2) is 13.1 Å². The smallest absolute Gasteiger partial charge is 0.241 e. The summed E-state index contributed by atoms with van der Waals surface area (Å²) in [5, 5.41) is 6.49. The molecule has 0 saturated carbocycles. The molecule has 1 aromatic heterocycles. The second kappa shape index (κ2) is 5.76. The van der Waals surface area contributed by atoms with Gasteiger partial charge >= 0.3 is 0 Å². The number of nitrogens with zero attached hydrogens (tertiary/aromatic N) is 1. The number of hydrogen-bond acceptors (Lipinski definition) is 3. The van der Waals surface area contributed by atoms with Crippen LogP contribution in [-0.4, -0.2) is 18.6 Å². The maximum Gasteiger partial charge on any atom is 0.241 e. The molecule has 0 aliphatic rings. The van der Waals surface area contributed by atoms with E-state index in [0.717, 1.165) is 11.1 Å². The first kappa shape index (κ1) is 14.7. The van der Waals surface area contributed by atoms with Crippen molar-refractivity contribution in [3.8, 4) is 0 Å². The molecule has 0 spiro atoms. The average molecular weight is 293 g/mol. The average Bonchev–Trinajstić information content (AvgIpc) is 2.92. The Labute approximate surface area is 119 Å². The lowest BCUT2D eigenvalue weighted by molar-refractivity contribution is 0.567. The molecule has 2 N–H and O–H groups in total. The third-order valence-electron chi connectivity index (χ3n) is 3.21. The van der Waals surface area contributed by atoms with Gasteiger partial charge in [-0.3, -0.25) is 5.10 Å². The molecule has 0 amide bonds. The number of aromatic nitrogens is 2. The van der Waals surface area contributed by atoms with Crippen LogP contribution >= 0.6 is 0 Å². The van der Waals surface area contributed by atoms with Crippen LogP contribution in [0.2, 0.25) is 0 Å². The minimum atomic E-state index is -3.52. The minimum Gasteiger partial charge on any atom is -0.285 e. The van der Waals surface area contributed by atoms with E-state index in [1.54, 1.807) is 31.5 Å². The van der Waals surface area contributed by atoms with Crippen molar-refractivity contribution in [2.24, 2.45) is 0 Å². The molecule has 1 aromatic carbocycles. The zero-order valence-electron chi connectivity index (χ0n) is 11.8. The molecule has 1 unspecified atom stereocenters. The number of hydrogen-bond donors (Lipinski definition) is 2. The SMILES string of the molecule is CC(C)c1ccc(S(=O)(=O)NC(C)c2cn[nH]c2)cc1. The highest BCUT2D eigenvalue weighted by atomic mass is 32.2. The summed E-state index contributed by atoms with van der Waals surface area (Å²) in [4.78, 5) is 0.275. The predicted molar refractivity (Wildman–Crippen MR) is 77.9 cm³/mol. The van der Waals surface area contributed by atoms with Gasteiger partial charge in [0.15, 0.2) is 0 Å². The fourth-order valence-corrected chi connectivity index (χ4v) is 3.13. The molecule has 1 atom stereocenters. The first-order chi connectivity index (χ1) is 9.40. The van der Waals surface area contributed by atoms with Gasteiger partial charge in [0, 0.05) is 17.8 Å². The zero-order valence-corrected chi connectivity index (χ0v) is 12.6. The Morgan fingerprint density at radius 1 is 1.10 bits per heavy atom. The van der Waals surface area contributed by atoms with Gasteiger partial charge in [-0.05, 0) is 30.5 Å². The van der Waals surface area contributed by atoms with Crippen LogP contribution in [0.4, 0.5) is 0 Å². The van der Waals surface area contributed by atoms with E-state index in [0.29, 0.717) is 5.92 Å². The van der Waals surface area contributed by atoms with Gasteiger partial charge in [0.2, 0.25) is 10.0 Å². The fourth-order valence-electron chi connectivity index (χ4n) is 1.90. The molecule has 0 aliphatic heterocycles. The summed E-state index contributed by atoms with van der Waals surface area (Å²) in [5.41, 5.74) is 1.92. The summed E-state index contributed by atoms with van der Waals surface area (Å²) in [5.74, 6) is 0.379. The van der Waals surface area contributed by atoms with Crippen LogP contribution in [-0.2, 0) is 10.0 Å². The highest BCUT2D eigenvalue weighted by Gasteiger charge is 2.18. The van der Waals surface area contributed by atoms with Crippen LogP contribution in [0.1, 0.15) is 43.9 Å². The van der Waals surface area contributed by atoms with Crippen molar-refractivity contribution in [3.63, 3.8) is 0 Å². The molecule has 6 heteroatoms. The van der Waals surface area contributed by atoms with E-state index in [1.807, 2.05) is 12.1 Å². The van der Waals surface area contributed by atoms with Crippen LogP contribution in [0, 0.1) is 0 Å². The second-order valence-corrected chi connectivity index (χ2v) is 6.81. The largest absolute Gasteiger partial charge is 0.285 e. The summed E-state index contributed by atoms with van der Waals surface area (Å²) in [6.07, 6.45) is 3.28. The topological polar surface area (TPSA) is 74.8 Å². The molecule has 0 saturated heterocycles. The van der Waals surface area contributed by atoms with Crippen molar-refractivity contribution >= 4 is 10.0 Å². The highest BCUT2D eigenvalue weighted by molar-refractivity contribution is 7.89. The van der Waals surface area contributed by atoms with E-state index in [2.05, 4.69) is 28.8 Å². The number of sulfonamides is 1. The van der Waals surface area contributed by atoms with Crippen LogP contribution in [0.5, 0.6) is 0 Å². The summed E-state index contributed by atoms with van der Waals surface area (Å²) in [6, 6.07) is 6.65. The molecular formula is C14H19N3O2S. The van der Waals surface area contributed by atoms with Crippen LogP contribution in [0.15, 0.2) is 41.6 Å².